The van der Waals surface area contributed by atoms with Gasteiger partial charge in [-0.3, -0.25) is 9.59 Å². The van der Waals surface area contributed by atoms with Gasteiger partial charge in [-0.15, -0.1) is 11.8 Å². The Balaban J connectivity index is 1.77. The van der Waals surface area contributed by atoms with Gasteiger partial charge in [0.1, 0.15) is 5.75 Å². The number of carbonyl (C=O) groups is 2. The van der Waals surface area contributed by atoms with Crippen molar-refractivity contribution >= 4 is 35.0 Å². The second kappa shape index (κ2) is 9.87. The average molecular weight is 372 g/mol. The topological polar surface area (TPSA) is 67.4 Å². The van der Waals surface area contributed by atoms with Crippen molar-refractivity contribution in [2.45, 2.75) is 25.5 Å². The van der Waals surface area contributed by atoms with Gasteiger partial charge in [0.05, 0.1) is 18.1 Å². The highest BCUT2D eigenvalue weighted by Crippen LogP contribution is 2.18. The van der Waals surface area contributed by atoms with Crippen molar-refractivity contribution in [3.8, 4) is 5.75 Å². The maximum absolute atomic E-state index is 12.2. The molecule has 0 radical (unpaired) electrons. The van der Waals surface area contributed by atoms with Gasteiger partial charge in [-0.2, -0.15) is 0 Å². The molecule has 2 amide bonds. The van der Waals surface area contributed by atoms with Crippen molar-refractivity contribution < 1.29 is 14.3 Å². The summed E-state index contributed by atoms with van der Waals surface area (Å²) in [6.07, 6.45) is 0.963. The van der Waals surface area contributed by atoms with Crippen LogP contribution in [0.1, 0.15) is 19.4 Å². The van der Waals surface area contributed by atoms with E-state index in [0.29, 0.717) is 5.69 Å². The Hall–Kier alpha value is -2.47. The molecule has 1 atom stereocenters. The second-order valence-corrected chi connectivity index (χ2v) is 7.10. The first-order valence-corrected chi connectivity index (χ1v) is 9.52. The van der Waals surface area contributed by atoms with Gasteiger partial charge in [0.2, 0.25) is 11.8 Å². The van der Waals surface area contributed by atoms with E-state index in [1.807, 2.05) is 24.3 Å². The molecule has 0 saturated carbocycles. The molecule has 0 unspecified atom stereocenters. The molecule has 2 aromatic rings. The van der Waals surface area contributed by atoms with Gasteiger partial charge in [-0.1, -0.05) is 19.1 Å². The molecule has 0 saturated heterocycles. The molecule has 26 heavy (non-hydrogen) atoms. The number of anilines is 2. The SMILES string of the molecule is CCc1ccc(NC(=O)CS[C@@H](C)C(=O)Nc2ccc(OC)cc2)cc1. The third-order valence-corrected chi connectivity index (χ3v) is 4.98. The normalized spacial score (nSPS) is 11.5. The molecule has 0 fully saturated rings. The van der Waals surface area contributed by atoms with Crippen LogP contribution in [0.25, 0.3) is 0 Å². The first kappa shape index (κ1) is 19.8. The van der Waals surface area contributed by atoms with Gasteiger partial charge < -0.3 is 15.4 Å². The molecule has 0 spiro atoms. The second-order valence-electron chi connectivity index (χ2n) is 5.77. The van der Waals surface area contributed by atoms with Crippen molar-refractivity contribution in [1.29, 1.82) is 0 Å². The summed E-state index contributed by atoms with van der Waals surface area (Å²) in [6.45, 7) is 3.87. The van der Waals surface area contributed by atoms with E-state index in [1.54, 1.807) is 38.3 Å². The van der Waals surface area contributed by atoms with Gasteiger partial charge in [0, 0.05) is 11.4 Å². The summed E-state index contributed by atoms with van der Waals surface area (Å²) >= 11 is 1.30. The number of ether oxygens (including phenoxy) is 1. The monoisotopic (exact) mass is 372 g/mol. The average Bonchev–Trinajstić information content (AvgIpc) is 2.67. The van der Waals surface area contributed by atoms with Crippen LogP contribution >= 0.6 is 11.8 Å². The Morgan fingerprint density at radius 3 is 2.15 bits per heavy atom. The summed E-state index contributed by atoms with van der Waals surface area (Å²) in [5.74, 6) is 0.685. The number of methoxy groups -OCH3 is 1. The van der Waals surface area contributed by atoms with Crippen LogP contribution in [0.15, 0.2) is 48.5 Å². The lowest BCUT2D eigenvalue weighted by Gasteiger charge is -2.12. The number of aryl methyl sites for hydroxylation is 1. The molecule has 0 bridgehead atoms. The molecule has 2 rings (SSSR count). The van der Waals surface area contributed by atoms with E-state index >= 15 is 0 Å². The fourth-order valence-corrected chi connectivity index (χ4v) is 2.90. The number of benzene rings is 2. The third kappa shape index (κ3) is 6.11. The Labute approximate surface area is 158 Å². The minimum Gasteiger partial charge on any atom is -0.497 e. The Bertz CT molecular complexity index is 730. The van der Waals surface area contributed by atoms with Crippen LogP contribution in [-0.4, -0.2) is 29.9 Å². The predicted octanol–water partition coefficient (Wildman–Crippen LogP) is 3.96. The van der Waals surface area contributed by atoms with E-state index in [-0.39, 0.29) is 22.8 Å². The third-order valence-electron chi connectivity index (χ3n) is 3.84. The lowest BCUT2D eigenvalue weighted by molar-refractivity contribution is -0.115. The summed E-state index contributed by atoms with van der Waals surface area (Å²) < 4.78 is 5.09. The Morgan fingerprint density at radius 1 is 1.00 bits per heavy atom. The zero-order valence-electron chi connectivity index (χ0n) is 15.2. The Morgan fingerprint density at radius 2 is 1.58 bits per heavy atom. The first-order chi connectivity index (χ1) is 12.5. The maximum atomic E-state index is 12.2. The zero-order chi connectivity index (χ0) is 18.9. The quantitative estimate of drug-likeness (QED) is 0.736. The summed E-state index contributed by atoms with van der Waals surface area (Å²) in [5.41, 5.74) is 2.69. The lowest BCUT2D eigenvalue weighted by atomic mass is 10.1. The fraction of sp³-hybridized carbons (Fsp3) is 0.300. The number of nitrogens with one attached hydrogen (secondary N) is 2. The molecule has 0 aliphatic heterocycles. The van der Waals surface area contributed by atoms with E-state index in [4.69, 9.17) is 4.74 Å². The fourth-order valence-electron chi connectivity index (χ4n) is 2.22. The molecule has 0 aromatic heterocycles. The Kier molecular flexibility index (Phi) is 7.53. The van der Waals surface area contributed by atoms with E-state index in [1.165, 1.54) is 17.3 Å². The molecule has 0 aliphatic rings. The summed E-state index contributed by atoms with van der Waals surface area (Å²) in [7, 11) is 1.59. The zero-order valence-corrected chi connectivity index (χ0v) is 16.1. The molecule has 0 heterocycles. The molecule has 6 heteroatoms. The van der Waals surface area contributed by atoms with Crippen molar-refractivity contribution in [2.75, 3.05) is 23.5 Å². The molecule has 2 aromatic carbocycles. The highest BCUT2D eigenvalue weighted by Gasteiger charge is 2.15. The smallest absolute Gasteiger partial charge is 0.237 e. The van der Waals surface area contributed by atoms with Crippen LogP contribution in [0, 0.1) is 0 Å². The van der Waals surface area contributed by atoms with E-state index in [9.17, 15) is 9.59 Å². The molecular formula is C20H24N2O3S. The number of amides is 2. The minimum absolute atomic E-state index is 0.122. The van der Waals surface area contributed by atoms with Crippen LogP contribution in [0.4, 0.5) is 11.4 Å². The highest BCUT2D eigenvalue weighted by atomic mass is 32.2. The number of hydrogen-bond donors (Lipinski definition) is 2. The number of thioether (sulfide) groups is 1. The van der Waals surface area contributed by atoms with Gasteiger partial charge in [0.15, 0.2) is 0 Å². The molecule has 2 N–H and O–H groups in total. The summed E-state index contributed by atoms with van der Waals surface area (Å²) in [5, 5.41) is 5.33. The summed E-state index contributed by atoms with van der Waals surface area (Å²) in [6, 6.07) is 14.9. The number of carbonyl (C=O) groups excluding carboxylic acids is 2. The van der Waals surface area contributed by atoms with Crippen molar-refractivity contribution in [3.05, 3.63) is 54.1 Å². The minimum atomic E-state index is -0.342. The molecule has 138 valence electrons. The summed E-state index contributed by atoms with van der Waals surface area (Å²) in [4.78, 5) is 24.3. The standard InChI is InChI=1S/C20H24N2O3S/c1-4-15-5-7-16(8-6-15)21-19(23)13-26-14(2)20(24)22-17-9-11-18(25-3)12-10-17/h5-12,14H,4,13H2,1-3H3,(H,21,23)(H,22,24)/t14-/m0/s1. The van der Waals surface area contributed by atoms with Crippen LogP contribution in [0.2, 0.25) is 0 Å². The van der Waals surface area contributed by atoms with Gasteiger partial charge in [-0.25, -0.2) is 0 Å². The number of hydrogen-bond acceptors (Lipinski definition) is 4. The molecule has 0 aliphatic carbocycles. The predicted molar refractivity (Wildman–Crippen MR) is 108 cm³/mol. The maximum Gasteiger partial charge on any atom is 0.237 e. The largest absolute Gasteiger partial charge is 0.497 e. The number of rotatable bonds is 8. The van der Waals surface area contributed by atoms with Crippen LogP contribution in [0.3, 0.4) is 0 Å². The van der Waals surface area contributed by atoms with Crippen LogP contribution in [-0.2, 0) is 16.0 Å². The van der Waals surface area contributed by atoms with E-state index in [0.717, 1.165) is 17.9 Å². The highest BCUT2D eigenvalue weighted by molar-refractivity contribution is 8.01. The van der Waals surface area contributed by atoms with Gasteiger partial charge in [0.25, 0.3) is 0 Å². The van der Waals surface area contributed by atoms with Crippen molar-refractivity contribution in [2.24, 2.45) is 0 Å². The van der Waals surface area contributed by atoms with Gasteiger partial charge >= 0.3 is 0 Å². The van der Waals surface area contributed by atoms with Crippen molar-refractivity contribution in [3.63, 3.8) is 0 Å². The molecular weight excluding hydrogens is 348 g/mol. The van der Waals surface area contributed by atoms with Crippen LogP contribution < -0.4 is 15.4 Å². The van der Waals surface area contributed by atoms with Crippen molar-refractivity contribution in [1.82, 2.24) is 0 Å². The first-order valence-electron chi connectivity index (χ1n) is 8.47. The van der Waals surface area contributed by atoms with E-state index in [2.05, 4.69) is 17.6 Å². The van der Waals surface area contributed by atoms with Gasteiger partial charge in [-0.05, 0) is 55.3 Å². The van der Waals surface area contributed by atoms with Crippen LogP contribution in [0.5, 0.6) is 5.75 Å². The molecule has 5 nitrogen and oxygen atoms in total. The lowest BCUT2D eigenvalue weighted by Crippen LogP contribution is -2.25. The van der Waals surface area contributed by atoms with E-state index < -0.39 is 0 Å².